The molecule has 2 aromatic rings. The predicted molar refractivity (Wildman–Crippen MR) is 93.5 cm³/mol. The zero-order valence-electron chi connectivity index (χ0n) is 15.3. The number of hydrogen-bond acceptors (Lipinski definition) is 4. The van der Waals surface area contributed by atoms with Crippen molar-refractivity contribution < 1.29 is 9.59 Å². The summed E-state index contributed by atoms with van der Waals surface area (Å²) in [6, 6.07) is 1.81. The van der Waals surface area contributed by atoms with Crippen molar-refractivity contribution >= 4 is 11.7 Å². The van der Waals surface area contributed by atoms with E-state index in [0.717, 1.165) is 18.5 Å². The fourth-order valence-electron chi connectivity index (χ4n) is 3.33. The van der Waals surface area contributed by atoms with Gasteiger partial charge in [-0.1, -0.05) is 13.8 Å². The topological polar surface area (TPSA) is 73.0 Å². The number of aromatic nitrogens is 4. The van der Waals surface area contributed by atoms with E-state index in [9.17, 15) is 9.59 Å². The predicted octanol–water partition coefficient (Wildman–Crippen LogP) is 2.15. The van der Waals surface area contributed by atoms with Crippen LogP contribution in [0.15, 0.2) is 18.5 Å². The number of hydrogen-bond donors (Lipinski definition) is 0. The number of likely N-dealkylation sites (tertiary alicyclic amines) is 1. The first-order valence-electron chi connectivity index (χ1n) is 8.73. The van der Waals surface area contributed by atoms with Crippen molar-refractivity contribution in [2.24, 2.45) is 14.1 Å². The molecule has 0 N–H and O–H groups in total. The van der Waals surface area contributed by atoms with E-state index in [1.807, 2.05) is 11.0 Å². The number of Topliss-reactive ketones (excluding diaryl/α,β-unsaturated/α-hetero) is 1. The molecule has 1 atom stereocenters. The van der Waals surface area contributed by atoms with Crippen molar-refractivity contribution in [2.75, 3.05) is 6.54 Å². The van der Waals surface area contributed by atoms with E-state index >= 15 is 0 Å². The minimum atomic E-state index is -0.0578. The Balaban J connectivity index is 1.75. The maximum atomic E-state index is 13.0. The first kappa shape index (κ1) is 17.4. The summed E-state index contributed by atoms with van der Waals surface area (Å²) >= 11 is 0. The molecule has 3 heterocycles. The second kappa shape index (κ2) is 6.82. The van der Waals surface area contributed by atoms with Crippen molar-refractivity contribution in [2.45, 2.75) is 45.1 Å². The SMILES string of the molecule is CC(C)c1cc(C(=O)N2CCC[C@H]2CC(=O)c2cnn(C)c2)n(C)n1. The Morgan fingerprint density at radius 3 is 2.68 bits per heavy atom. The van der Waals surface area contributed by atoms with Crippen LogP contribution in [0.2, 0.25) is 0 Å². The molecule has 134 valence electrons. The first-order chi connectivity index (χ1) is 11.9. The molecule has 1 amide bonds. The normalized spacial score (nSPS) is 17.5. The van der Waals surface area contributed by atoms with Crippen LogP contribution in [0.5, 0.6) is 0 Å². The molecule has 1 fully saturated rings. The summed E-state index contributed by atoms with van der Waals surface area (Å²) in [6.07, 6.45) is 5.42. The molecule has 0 aromatic carbocycles. The largest absolute Gasteiger partial charge is 0.334 e. The van der Waals surface area contributed by atoms with E-state index in [4.69, 9.17) is 0 Å². The van der Waals surface area contributed by atoms with Gasteiger partial charge >= 0.3 is 0 Å². The lowest BCUT2D eigenvalue weighted by molar-refractivity contribution is 0.0707. The molecule has 0 radical (unpaired) electrons. The van der Waals surface area contributed by atoms with Gasteiger partial charge in [0.25, 0.3) is 5.91 Å². The summed E-state index contributed by atoms with van der Waals surface area (Å²) in [4.78, 5) is 27.3. The van der Waals surface area contributed by atoms with Gasteiger partial charge in [0.2, 0.25) is 0 Å². The highest BCUT2D eigenvalue weighted by Gasteiger charge is 2.33. The number of nitrogens with zero attached hydrogens (tertiary/aromatic N) is 5. The number of aryl methyl sites for hydroxylation is 2. The lowest BCUT2D eigenvalue weighted by Crippen LogP contribution is -2.37. The maximum Gasteiger partial charge on any atom is 0.272 e. The molecule has 25 heavy (non-hydrogen) atoms. The average Bonchev–Trinajstić information content (AvgIpc) is 3.26. The smallest absolute Gasteiger partial charge is 0.272 e. The van der Waals surface area contributed by atoms with Crippen LogP contribution < -0.4 is 0 Å². The van der Waals surface area contributed by atoms with Gasteiger partial charge in [-0.25, -0.2) is 0 Å². The number of ketones is 1. The fraction of sp³-hybridized carbons (Fsp3) is 0.556. The Bertz CT molecular complexity index is 789. The quantitative estimate of drug-likeness (QED) is 0.780. The summed E-state index contributed by atoms with van der Waals surface area (Å²) < 4.78 is 3.27. The Labute approximate surface area is 147 Å². The molecular formula is C18H25N5O2. The number of carbonyl (C=O) groups excluding carboxylic acids is 2. The number of carbonyl (C=O) groups is 2. The minimum Gasteiger partial charge on any atom is -0.334 e. The number of amides is 1. The van der Waals surface area contributed by atoms with Gasteiger partial charge in [-0.05, 0) is 24.8 Å². The molecule has 0 saturated carbocycles. The van der Waals surface area contributed by atoms with Gasteiger partial charge in [0.1, 0.15) is 5.69 Å². The van der Waals surface area contributed by atoms with Crippen LogP contribution in [0.25, 0.3) is 0 Å². The van der Waals surface area contributed by atoms with Gasteiger partial charge in [0, 0.05) is 39.3 Å². The third-order valence-corrected chi connectivity index (χ3v) is 4.80. The van der Waals surface area contributed by atoms with Crippen LogP contribution in [0.1, 0.15) is 65.6 Å². The van der Waals surface area contributed by atoms with E-state index in [-0.39, 0.29) is 23.7 Å². The first-order valence-corrected chi connectivity index (χ1v) is 8.73. The van der Waals surface area contributed by atoms with Gasteiger partial charge in [0.05, 0.1) is 17.5 Å². The van der Waals surface area contributed by atoms with E-state index in [1.54, 1.807) is 35.9 Å². The molecule has 1 aliphatic heterocycles. The van der Waals surface area contributed by atoms with Gasteiger partial charge in [0.15, 0.2) is 5.78 Å². The van der Waals surface area contributed by atoms with Crippen LogP contribution in [-0.2, 0) is 14.1 Å². The van der Waals surface area contributed by atoms with Gasteiger partial charge in [-0.3, -0.25) is 19.0 Å². The van der Waals surface area contributed by atoms with Crippen molar-refractivity contribution in [1.29, 1.82) is 0 Å². The second-order valence-electron chi connectivity index (χ2n) is 7.06. The van der Waals surface area contributed by atoms with E-state index in [1.165, 1.54) is 0 Å². The van der Waals surface area contributed by atoms with Crippen molar-refractivity contribution in [1.82, 2.24) is 24.5 Å². The monoisotopic (exact) mass is 343 g/mol. The molecule has 0 bridgehead atoms. The summed E-state index contributed by atoms with van der Waals surface area (Å²) in [5.74, 6) is 0.267. The molecule has 0 spiro atoms. The lowest BCUT2D eigenvalue weighted by Gasteiger charge is -2.24. The van der Waals surface area contributed by atoms with Crippen molar-refractivity contribution in [3.05, 3.63) is 35.4 Å². The summed E-state index contributed by atoms with van der Waals surface area (Å²) in [6.45, 7) is 4.80. The zero-order valence-corrected chi connectivity index (χ0v) is 15.3. The molecular weight excluding hydrogens is 318 g/mol. The molecule has 2 aromatic heterocycles. The van der Waals surface area contributed by atoms with E-state index in [2.05, 4.69) is 24.0 Å². The van der Waals surface area contributed by atoms with Gasteiger partial charge in [-0.2, -0.15) is 10.2 Å². The molecule has 1 saturated heterocycles. The van der Waals surface area contributed by atoms with Gasteiger partial charge < -0.3 is 4.90 Å². The number of rotatable bonds is 5. The van der Waals surface area contributed by atoms with Crippen LogP contribution in [0, 0.1) is 0 Å². The lowest BCUT2D eigenvalue weighted by atomic mass is 10.0. The van der Waals surface area contributed by atoms with Crippen LogP contribution >= 0.6 is 0 Å². The summed E-state index contributed by atoms with van der Waals surface area (Å²) in [7, 11) is 3.59. The highest BCUT2D eigenvalue weighted by atomic mass is 16.2. The van der Waals surface area contributed by atoms with Gasteiger partial charge in [-0.15, -0.1) is 0 Å². The van der Waals surface area contributed by atoms with E-state index < -0.39 is 0 Å². The maximum absolute atomic E-state index is 13.0. The zero-order chi connectivity index (χ0) is 18.1. The Hall–Kier alpha value is -2.44. The minimum absolute atomic E-state index is 0.0330. The van der Waals surface area contributed by atoms with Crippen molar-refractivity contribution in [3.63, 3.8) is 0 Å². The molecule has 1 aliphatic rings. The molecule has 3 rings (SSSR count). The highest BCUT2D eigenvalue weighted by Crippen LogP contribution is 2.25. The Kier molecular flexibility index (Phi) is 4.74. The Morgan fingerprint density at radius 1 is 1.32 bits per heavy atom. The van der Waals surface area contributed by atoms with Crippen molar-refractivity contribution in [3.8, 4) is 0 Å². The second-order valence-corrected chi connectivity index (χ2v) is 7.06. The molecule has 7 heteroatoms. The summed E-state index contributed by atoms with van der Waals surface area (Å²) in [5, 5.41) is 8.48. The Morgan fingerprint density at radius 2 is 2.08 bits per heavy atom. The standard InChI is InChI=1S/C18H25N5O2/c1-12(2)15-9-16(22(4)20-15)18(25)23-7-5-6-14(23)8-17(24)13-10-19-21(3)11-13/h9-12,14H,5-8H2,1-4H3/t14-/m0/s1. The summed E-state index contributed by atoms with van der Waals surface area (Å²) in [5.41, 5.74) is 2.10. The highest BCUT2D eigenvalue weighted by molar-refractivity contribution is 5.97. The third-order valence-electron chi connectivity index (χ3n) is 4.80. The van der Waals surface area contributed by atoms with Crippen LogP contribution in [0.4, 0.5) is 0 Å². The molecule has 7 nitrogen and oxygen atoms in total. The van der Waals surface area contributed by atoms with E-state index in [0.29, 0.717) is 24.2 Å². The fourth-order valence-corrected chi connectivity index (χ4v) is 3.33. The molecule has 0 unspecified atom stereocenters. The van der Waals surface area contributed by atoms with Crippen LogP contribution in [0.3, 0.4) is 0 Å². The third kappa shape index (κ3) is 3.50. The average molecular weight is 343 g/mol. The molecule has 0 aliphatic carbocycles. The van der Waals surface area contributed by atoms with Crippen LogP contribution in [-0.4, -0.2) is 48.7 Å².